The van der Waals surface area contributed by atoms with Crippen LogP contribution in [-0.2, 0) is 6.42 Å². The van der Waals surface area contributed by atoms with E-state index in [9.17, 15) is 5.11 Å². The maximum absolute atomic E-state index is 10.9. The van der Waals surface area contributed by atoms with Gasteiger partial charge in [-0.2, -0.15) is 0 Å². The van der Waals surface area contributed by atoms with E-state index >= 15 is 0 Å². The van der Waals surface area contributed by atoms with Crippen molar-refractivity contribution in [1.82, 2.24) is 0 Å². The highest BCUT2D eigenvalue weighted by Crippen LogP contribution is 2.42. The number of ether oxygens (including phenoxy) is 1. The molecule has 0 aliphatic carbocycles. The number of aryl methyl sites for hydroxylation is 1. The first-order chi connectivity index (χ1) is 9.89. The maximum Gasteiger partial charge on any atom is 0.129 e. The molecule has 2 aromatic rings. The first kappa shape index (κ1) is 14.2. The van der Waals surface area contributed by atoms with Crippen molar-refractivity contribution in [3.8, 4) is 5.75 Å². The van der Waals surface area contributed by atoms with Crippen molar-refractivity contribution in [2.75, 3.05) is 0 Å². The SMILES string of the molecule is Cc1cccc(C(O)c2cccc3c2OC(C)(C)C3)c1C. The average molecular weight is 282 g/mol. The van der Waals surface area contributed by atoms with Crippen LogP contribution in [0.2, 0.25) is 0 Å². The van der Waals surface area contributed by atoms with Crippen LogP contribution < -0.4 is 4.74 Å². The molecule has 2 aromatic carbocycles. The molecule has 0 aromatic heterocycles. The van der Waals surface area contributed by atoms with Crippen LogP contribution in [0.5, 0.6) is 5.75 Å². The number of hydrogen-bond acceptors (Lipinski definition) is 2. The molecule has 0 fully saturated rings. The summed E-state index contributed by atoms with van der Waals surface area (Å²) in [6.07, 6.45) is 0.240. The van der Waals surface area contributed by atoms with Gasteiger partial charge < -0.3 is 9.84 Å². The van der Waals surface area contributed by atoms with Gasteiger partial charge in [0.05, 0.1) is 0 Å². The molecule has 21 heavy (non-hydrogen) atoms. The van der Waals surface area contributed by atoms with Gasteiger partial charge in [-0.15, -0.1) is 0 Å². The molecular weight excluding hydrogens is 260 g/mol. The molecule has 0 amide bonds. The molecular formula is C19H22O2. The Kier molecular flexibility index (Phi) is 3.29. The standard InChI is InChI=1S/C19H22O2/c1-12-7-5-9-15(13(12)2)17(20)16-10-6-8-14-11-19(3,4)21-18(14)16/h5-10,17,20H,11H2,1-4H3. The summed E-state index contributed by atoms with van der Waals surface area (Å²) in [5.41, 5.74) is 5.14. The Morgan fingerprint density at radius 3 is 2.48 bits per heavy atom. The van der Waals surface area contributed by atoms with Crippen molar-refractivity contribution < 1.29 is 9.84 Å². The smallest absolute Gasteiger partial charge is 0.129 e. The van der Waals surface area contributed by atoms with E-state index in [4.69, 9.17) is 4.74 Å². The van der Waals surface area contributed by atoms with Gasteiger partial charge in [0.25, 0.3) is 0 Å². The quantitative estimate of drug-likeness (QED) is 0.898. The van der Waals surface area contributed by atoms with Gasteiger partial charge in [-0.1, -0.05) is 36.4 Å². The fourth-order valence-corrected chi connectivity index (χ4v) is 3.09. The summed E-state index contributed by atoms with van der Waals surface area (Å²) < 4.78 is 6.08. The molecule has 3 rings (SSSR count). The molecule has 0 saturated carbocycles. The Labute approximate surface area is 126 Å². The van der Waals surface area contributed by atoms with Crippen molar-refractivity contribution in [2.24, 2.45) is 0 Å². The topological polar surface area (TPSA) is 29.5 Å². The summed E-state index contributed by atoms with van der Waals surface area (Å²) in [7, 11) is 0. The second-order valence-corrected chi connectivity index (χ2v) is 6.57. The molecule has 1 heterocycles. The second kappa shape index (κ2) is 4.88. The first-order valence-electron chi connectivity index (χ1n) is 7.44. The Morgan fingerprint density at radius 2 is 1.71 bits per heavy atom. The average Bonchev–Trinajstić information content (AvgIpc) is 2.74. The highest BCUT2D eigenvalue weighted by Gasteiger charge is 2.33. The monoisotopic (exact) mass is 282 g/mol. The molecule has 0 saturated heterocycles. The number of benzene rings is 2. The Hall–Kier alpha value is -1.80. The highest BCUT2D eigenvalue weighted by atomic mass is 16.5. The molecule has 0 bridgehead atoms. The predicted octanol–water partition coefficient (Wildman–Crippen LogP) is 4.10. The molecule has 1 aliphatic rings. The predicted molar refractivity (Wildman–Crippen MR) is 84.8 cm³/mol. The summed E-state index contributed by atoms with van der Waals surface area (Å²) in [5, 5.41) is 10.9. The number of rotatable bonds is 2. The van der Waals surface area contributed by atoms with Crippen LogP contribution in [0.1, 0.15) is 47.8 Å². The molecule has 1 N–H and O–H groups in total. The van der Waals surface area contributed by atoms with Crippen molar-refractivity contribution in [3.63, 3.8) is 0 Å². The fourth-order valence-electron chi connectivity index (χ4n) is 3.09. The Bertz CT molecular complexity index is 686. The maximum atomic E-state index is 10.9. The van der Waals surface area contributed by atoms with Gasteiger partial charge in [0.15, 0.2) is 0 Å². The minimum atomic E-state index is -0.645. The van der Waals surface area contributed by atoms with Crippen LogP contribution in [0.15, 0.2) is 36.4 Å². The lowest BCUT2D eigenvalue weighted by Gasteiger charge is -2.21. The summed E-state index contributed by atoms with van der Waals surface area (Å²) in [5.74, 6) is 0.857. The van der Waals surface area contributed by atoms with Crippen LogP contribution in [-0.4, -0.2) is 10.7 Å². The Morgan fingerprint density at radius 1 is 1.05 bits per heavy atom. The zero-order chi connectivity index (χ0) is 15.2. The third kappa shape index (κ3) is 2.44. The molecule has 1 atom stereocenters. The van der Waals surface area contributed by atoms with Gasteiger partial charge in [-0.25, -0.2) is 0 Å². The molecule has 0 spiro atoms. The summed E-state index contributed by atoms with van der Waals surface area (Å²) in [6, 6.07) is 12.1. The number of aliphatic hydroxyl groups is 1. The van der Waals surface area contributed by atoms with Crippen molar-refractivity contribution in [2.45, 2.75) is 45.8 Å². The molecule has 110 valence electrons. The van der Waals surface area contributed by atoms with Crippen LogP contribution in [0, 0.1) is 13.8 Å². The minimum Gasteiger partial charge on any atom is -0.487 e. The lowest BCUT2D eigenvalue weighted by Crippen LogP contribution is -2.25. The van der Waals surface area contributed by atoms with Crippen LogP contribution in [0.4, 0.5) is 0 Å². The fraction of sp³-hybridized carbons (Fsp3) is 0.368. The highest BCUT2D eigenvalue weighted by molar-refractivity contribution is 5.50. The van der Waals surface area contributed by atoms with Gasteiger partial charge in [0, 0.05) is 12.0 Å². The van der Waals surface area contributed by atoms with E-state index in [0.717, 1.165) is 28.9 Å². The normalized spacial score (nSPS) is 17.2. The summed E-state index contributed by atoms with van der Waals surface area (Å²) in [4.78, 5) is 0. The van der Waals surface area contributed by atoms with E-state index in [0.29, 0.717) is 0 Å². The number of para-hydroxylation sites is 1. The van der Waals surface area contributed by atoms with E-state index in [1.165, 1.54) is 11.1 Å². The van der Waals surface area contributed by atoms with E-state index in [-0.39, 0.29) is 5.60 Å². The summed E-state index contributed by atoms with van der Waals surface area (Å²) >= 11 is 0. The second-order valence-electron chi connectivity index (χ2n) is 6.57. The lowest BCUT2D eigenvalue weighted by atomic mass is 9.92. The van der Waals surface area contributed by atoms with E-state index in [2.05, 4.69) is 39.8 Å². The molecule has 1 aliphatic heterocycles. The zero-order valence-corrected chi connectivity index (χ0v) is 13.1. The van der Waals surface area contributed by atoms with E-state index in [1.807, 2.05) is 24.3 Å². The number of hydrogen-bond donors (Lipinski definition) is 1. The molecule has 2 nitrogen and oxygen atoms in total. The van der Waals surface area contributed by atoms with Crippen molar-refractivity contribution in [1.29, 1.82) is 0 Å². The third-order valence-corrected chi connectivity index (χ3v) is 4.36. The van der Waals surface area contributed by atoms with Gasteiger partial charge in [0.2, 0.25) is 0 Å². The van der Waals surface area contributed by atoms with Crippen LogP contribution in [0.25, 0.3) is 0 Å². The first-order valence-corrected chi connectivity index (χ1v) is 7.44. The zero-order valence-electron chi connectivity index (χ0n) is 13.1. The van der Waals surface area contributed by atoms with Crippen LogP contribution in [0.3, 0.4) is 0 Å². The Balaban J connectivity index is 2.07. The number of aliphatic hydroxyl groups excluding tert-OH is 1. The minimum absolute atomic E-state index is 0.195. The lowest BCUT2D eigenvalue weighted by molar-refractivity contribution is 0.131. The summed E-state index contributed by atoms with van der Waals surface area (Å²) in [6.45, 7) is 8.30. The van der Waals surface area contributed by atoms with Gasteiger partial charge in [-0.3, -0.25) is 0 Å². The largest absolute Gasteiger partial charge is 0.487 e. The molecule has 2 heteroatoms. The van der Waals surface area contributed by atoms with Crippen LogP contribution >= 0.6 is 0 Å². The third-order valence-electron chi connectivity index (χ3n) is 4.36. The van der Waals surface area contributed by atoms with E-state index in [1.54, 1.807) is 0 Å². The van der Waals surface area contributed by atoms with Crippen molar-refractivity contribution >= 4 is 0 Å². The van der Waals surface area contributed by atoms with Gasteiger partial charge >= 0.3 is 0 Å². The van der Waals surface area contributed by atoms with Gasteiger partial charge in [-0.05, 0) is 49.9 Å². The van der Waals surface area contributed by atoms with Gasteiger partial charge in [0.1, 0.15) is 17.5 Å². The number of fused-ring (bicyclic) bond motifs is 1. The van der Waals surface area contributed by atoms with Crippen molar-refractivity contribution in [3.05, 3.63) is 64.2 Å². The molecule has 1 unspecified atom stereocenters. The van der Waals surface area contributed by atoms with E-state index < -0.39 is 6.10 Å². The molecule has 0 radical (unpaired) electrons.